The van der Waals surface area contributed by atoms with Crippen LogP contribution >= 0.6 is 11.6 Å². The summed E-state index contributed by atoms with van der Waals surface area (Å²) in [5, 5.41) is 6.59. The molecule has 3 aromatic rings. The van der Waals surface area contributed by atoms with Crippen LogP contribution in [0.25, 0.3) is 0 Å². The van der Waals surface area contributed by atoms with Gasteiger partial charge in [0.05, 0.1) is 18.5 Å². The van der Waals surface area contributed by atoms with Crippen molar-refractivity contribution in [1.82, 2.24) is 9.97 Å². The van der Waals surface area contributed by atoms with Gasteiger partial charge >= 0.3 is 0 Å². The highest BCUT2D eigenvalue weighted by molar-refractivity contribution is 6.31. The van der Waals surface area contributed by atoms with Crippen molar-refractivity contribution >= 4 is 34.6 Å². The second-order valence-electron chi connectivity index (χ2n) is 4.86. The number of aromatic nitrogens is 2. The monoisotopic (exact) mass is 344 g/mol. The Morgan fingerprint density at radius 3 is 2.38 bits per heavy atom. The van der Waals surface area contributed by atoms with E-state index in [1.165, 1.54) is 12.4 Å². The molecule has 0 saturated carbocycles. The van der Waals surface area contributed by atoms with Crippen LogP contribution in [0.5, 0.6) is 5.75 Å². The van der Waals surface area contributed by atoms with E-state index in [1.807, 2.05) is 0 Å². The molecule has 7 heteroatoms. The fraction of sp³-hybridized carbons (Fsp3) is 0.0588. The van der Waals surface area contributed by atoms with Crippen molar-refractivity contribution in [2.75, 3.05) is 17.7 Å². The molecule has 2 aromatic carbocycles. The molecule has 0 saturated heterocycles. The van der Waals surface area contributed by atoms with Crippen molar-refractivity contribution in [3.8, 4) is 5.75 Å². The number of para-hydroxylation sites is 1. The molecule has 0 radical (unpaired) electrons. The molecule has 1 heterocycles. The number of nitrogens with one attached hydrogen (secondary N) is 2. The van der Waals surface area contributed by atoms with Crippen molar-refractivity contribution in [2.24, 2.45) is 0 Å². The Morgan fingerprint density at radius 1 is 0.958 bits per heavy atom. The Morgan fingerprint density at radius 2 is 1.67 bits per heavy atom. The Kier molecular flexibility index (Phi) is 4.77. The van der Waals surface area contributed by atoms with Crippen LogP contribution in [0.1, 0.15) is 0 Å². The summed E-state index contributed by atoms with van der Waals surface area (Å²) in [6, 6.07) is 13.2. The Balaban J connectivity index is 1.84. The minimum atomic E-state index is -0.359. The molecule has 0 aliphatic carbocycles. The molecule has 0 atom stereocenters. The molecule has 0 bridgehead atoms. The molecular formula is C17H14ClFN4O. The predicted octanol–water partition coefficient (Wildman–Crippen LogP) is 4.76. The van der Waals surface area contributed by atoms with E-state index in [0.717, 1.165) is 0 Å². The summed E-state index contributed by atoms with van der Waals surface area (Å²) < 4.78 is 19.0. The molecule has 0 aliphatic heterocycles. The summed E-state index contributed by atoms with van der Waals surface area (Å²) >= 11 is 6.01. The molecular weight excluding hydrogens is 331 g/mol. The normalized spacial score (nSPS) is 10.3. The number of benzene rings is 2. The van der Waals surface area contributed by atoms with Gasteiger partial charge in [-0.2, -0.15) is 0 Å². The lowest BCUT2D eigenvalue weighted by molar-refractivity contribution is 0.417. The fourth-order valence-corrected chi connectivity index (χ4v) is 2.28. The van der Waals surface area contributed by atoms with E-state index < -0.39 is 0 Å². The summed E-state index contributed by atoms with van der Waals surface area (Å²) in [6.45, 7) is 0. The predicted molar refractivity (Wildman–Crippen MR) is 93.0 cm³/mol. The van der Waals surface area contributed by atoms with Crippen LogP contribution in [0.4, 0.5) is 27.4 Å². The van der Waals surface area contributed by atoms with Crippen LogP contribution in [0.15, 0.2) is 54.9 Å². The van der Waals surface area contributed by atoms with Crippen LogP contribution in [-0.4, -0.2) is 17.1 Å². The number of nitrogens with zero attached hydrogens (tertiary/aromatic N) is 2. The summed E-state index contributed by atoms with van der Waals surface area (Å²) in [6.07, 6.45) is 1.38. The Bertz CT molecular complexity index is 859. The van der Waals surface area contributed by atoms with E-state index in [0.29, 0.717) is 33.8 Å². The summed E-state index contributed by atoms with van der Waals surface area (Å²) in [5.74, 6) is 1.24. The lowest BCUT2D eigenvalue weighted by Gasteiger charge is -2.12. The summed E-state index contributed by atoms with van der Waals surface area (Å²) in [7, 11) is 1.57. The average molecular weight is 345 g/mol. The molecule has 0 aliphatic rings. The Hall–Kier alpha value is -2.86. The molecule has 0 amide bonds. The number of methoxy groups -OCH3 is 1. The van der Waals surface area contributed by atoms with Gasteiger partial charge < -0.3 is 15.4 Å². The number of halogens is 2. The van der Waals surface area contributed by atoms with Crippen LogP contribution in [-0.2, 0) is 0 Å². The first-order valence-electron chi connectivity index (χ1n) is 7.10. The molecule has 24 heavy (non-hydrogen) atoms. The first-order valence-corrected chi connectivity index (χ1v) is 7.47. The van der Waals surface area contributed by atoms with Crippen molar-refractivity contribution < 1.29 is 9.13 Å². The van der Waals surface area contributed by atoms with Crippen molar-refractivity contribution in [3.63, 3.8) is 0 Å². The molecule has 3 rings (SSSR count). The molecule has 5 nitrogen and oxygen atoms in total. The second-order valence-corrected chi connectivity index (χ2v) is 5.30. The number of hydrogen-bond donors (Lipinski definition) is 2. The van der Waals surface area contributed by atoms with Crippen LogP contribution in [0.3, 0.4) is 0 Å². The van der Waals surface area contributed by atoms with Gasteiger partial charge in [-0.05, 0) is 30.3 Å². The van der Waals surface area contributed by atoms with Gasteiger partial charge in [0.2, 0.25) is 0 Å². The summed E-state index contributed by atoms with van der Waals surface area (Å²) in [5.41, 5.74) is 1.00. The lowest BCUT2D eigenvalue weighted by atomic mass is 10.3. The van der Waals surface area contributed by atoms with E-state index in [9.17, 15) is 4.39 Å². The van der Waals surface area contributed by atoms with Gasteiger partial charge in [0.15, 0.2) is 0 Å². The molecule has 0 fully saturated rings. The largest absolute Gasteiger partial charge is 0.495 e. The lowest BCUT2D eigenvalue weighted by Crippen LogP contribution is -2.00. The zero-order chi connectivity index (χ0) is 16.9. The third-order valence-electron chi connectivity index (χ3n) is 3.23. The topological polar surface area (TPSA) is 59.1 Å². The van der Waals surface area contributed by atoms with Gasteiger partial charge in [-0.25, -0.2) is 14.4 Å². The first kappa shape index (κ1) is 16.0. The van der Waals surface area contributed by atoms with Gasteiger partial charge in [0, 0.05) is 11.1 Å². The molecule has 0 spiro atoms. The van der Waals surface area contributed by atoms with E-state index in [2.05, 4.69) is 20.6 Å². The molecule has 0 unspecified atom stereocenters. The quantitative estimate of drug-likeness (QED) is 0.698. The van der Waals surface area contributed by atoms with Gasteiger partial charge in [0.25, 0.3) is 0 Å². The minimum Gasteiger partial charge on any atom is -0.495 e. The zero-order valence-electron chi connectivity index (χ0n) is 12.8. The van der Waals surface area contributed by atoms with E-state index in [-0.39, 0.29) is 5.82 Å². The zero-order valence-corrected chi connectivity index (χ0v) is 13.5. The van der Waals surface area contributed by atoms with Gasteiger partial charge in [-0.1, -0.05) is 23.7 Å². The fourth-order valence-electron chi connectivity index (χ4n) is 2.11. The number of anilines is 4. The van der Waals surface area contributed by atoms with E-state index >= 15 is 0 Å². The average Bonchev–Trinajstić information content (AvgIpc) is 2.58. The number of ether oxygens (including phenoxy) is 1. The second kappa shape index (κ2) is 7.14. The van der Waals surface area contributed by atoms with Crippen molar-refractivity contribution in [1.29, 1.82) is 0 Å². The highest BCUT2D eigenvalue weighted by Crippen LogP contribution is 2.30. The van der Waals surface area contributed by atoms with Crippen molar-refractivity contribution in [2.45, 2.75) is 0 Å². The van der Waals surface area contributed by atoms with Crippen LogP contribution in [0, 0.1) is 5.82 Å². The number of hydrogen-bond acceptors (Lipinski definition) is 5. The minimum absolute atomic E-state index is 0.336. The van der Waals surface area contributed by atoms with E-state index in [4.69, 9.17) is 16.3 Å². The van der Waals surface area contributed by atoms with Crippen LogP contribution < -0.4 is 15.4 Å². The highest BCUT2D eigenvalue weighted by Gasteiger charge is 2.07. The van der Waals surface area contributed by atoms with E-state index in [1.54, 1.807) is 49.6 Å². The van der Waals surface area contributed by atoms with Gasteiger partial charge in [-0.3, -0.25) is 0 Å². The maximum Gasteiger partial charge on any atom is 0.146 e. The standard InChI is InChI=1S/C17H14ClFN4O/c1-24-15-7-6-11(18)8-14(15)23-17-9-16(20-10-21-17)22-13-5-3-2-4-12(13)19/h2-10H,1H3,(H2,20,21,22,23). The van der Waals surface area contributed by atoms with Gasteiger partial charge in [-0.15, -0.1) is 0 Å². The Labute approximate surface area is 143 Å². The smallest absolute Gasteiger partial charge is 0.146 e. The SMILES string of the molecule is COc1ccc(Cl)cc1Nc1cc(Nc2ccccc2F)ncn1. The van der Waals surface area contributed by atoms with Crippen molar-refractivity contribution in [3.05, 3.63) is 65.7 Å². The summed E-state index contributed by atoms with van der Waals surface area (Å²) in [4.78, 5) is 8.24. The molecule has 1 aromatic heterocycles. The highest BCUT2D eigenvalue weighted by atomic mass is 35.5. The number of rotatable bonds is 5. The molecule has 122 valence electrons. The maximum absolute atomic E-state index is 13.7. The third-order valence-corrected chi connectivity index (χ3v) is 3.46. The molecule has 2 N–H and O–H groups in total. The first-order chi connectivity index (χ1) is 11.7. The van der Waals surface area contributed by atoms with Crippen LogP contribution in [0.2, 0.25) is 5.02 Å². The van der Waals surface area contributed by atoms with Gasteiger partial charge in [0.1, 0.15) is 29.5 Å². The third kappa shape index (κ3) is 3.72. The maximum atomic E-state index is 13.7.